The summed E-state index contributed by atoms with van der Waals surface area (Å²) in [4.78, 5) is 11.8. The van der Waals surface area contributed by atoms with Gasteiger partial charge < -0.3 is 11.1 Å². The van der Waals surface area contributed by atoms with Crippen molar-refractivity contribution in [2.24, 2.45) is 0 Å². The van der Waals surface area contributed by atoms with Gasteiger partial charge in [-0.1, -0.05) is 12.1 Å². The van der Waals surface area contributed by atoms with Crippen molar-refractivity contribution in [1.29, 1.82) is 0 Å². The summed E-state index contributed by atoms with van der Waals surface area (Å²) in [6.07, 6.45) is 6.19. The van der Waals surface area contributed by atoms with Crippen LogP contribution >= 0.6 is 0 Å². The minimum atomic E-state index is 0.101. The predicted molar refractivity (Wildman–Crippen MR) is 74.1 cm³/mol. The van der Waals surface area contributed by atoms with Gasteiger partial charge in [-0.2, -0.15) is 0 Å². The van der Waals surface area contributed by atoms with Gasteiger partial charge >= 0.3 is 0 Å². The molecule has 1 aromatic carbocycles. The molecular formula is C15H20N2O. The Hall–Kier alpha value is -1.77. The quantitative estimate of drug-likeness (QED) is 0.632. The van der Waals surface area contributed by atoms with Gasteiger partial charge in [-0.25, -0.2) is 0 Å². The molecule has 1 unspecified atom stereocenters. The number of nitrogen functional groups attached to an aromatic ring is 1. The third-order valence-corrected chi connectivity index (χ3v) is 3.39. The van der Waals surface area contributed by atoms with Gasteiger partial charge in [0, 0.05) is 12.1 Å². The Morgan fingerprint density at radius 1 is 1.56 bits per heavy atom. The average Bonchev–Trinajstić information content (AvgIpc) is 2.36. The van der Waals surface area contributed by atoms with Gasteiger partial charge in [0.2, 0.25) is 5.91 Å². The second kappa shape index (κ2) is 5.71. The molecular weight excluding hydrogens is 224 g/mol. The van der Waals surface area contributed by atoms with Gasteiger partial charge in [0.25, 0.3) is 0 Å². The molecule has 18 heavy (non-hydrogen) atoms. The van der Waals surface area contributed by atoms with Crippen LogP contribution in [0.5, 0.6) is 0 Å². The number of nitrogens with two attached hydrogens (primary N) is 1. The molecule has 0 radical (unpaired) electrons. The Kier molecular flexibility index (Phi) is 4.03. The van der Waals surface area contributed by atoms with Crippen LogP contribution in [0.25, 0.3) is 0 Å². The van der Waals surface area contributed by atoms with E-state index in [1.54, 1.807) is 6.08 Å². The number of rotatable bonds is 4. The van der Waals surface area contributed by atoms with Gasteiger partial charge in [-0.15, -0.1) is 6.58 Å². The maximum Gasteiger partial charge on any atom is 0.220 e. The first kappa shape index (κ1) is 12.7. The zero-order chi connectivity index (χ0) is 13.0. The Labute approximate surface area is 108 Å². The van der Waals surface area contributed by atoms with Crippen LogP contribution in [-0.2, 0) is 11.2 Å². The molecule has 96 valence electrons. The molecule has 0 aromatic heterocycles. The Morgan fingerprint density at radius 3 is 3.17 bits per heavy atom. The molecule has 0 fully saturated rings. The first-order valence-electron chi connectivity index (χ1n) is 6.49. The lowest BCUT2D eigenvalue weighted by Crippen LogP contribution is -2.30. The molecule has 0 aliphatic heterocycles. The van der Waals surface area contributed by atoms with Crippen molar-refractivity contribution in [3.8, 4) is 0 Å². The van der Waals surface area contributed by atoms with Crippen LogP contribution < -0.4 is 11.1 Å². The van der Waals surface area contributed by atoms with Crippen molar-refractivity contribution in [3.63, 3.8) is 0 Å². The van der Waals surface area contributed by atoms with Crippen LogP contribution in [-0.4, -0.2) is 5.91 Å². The summed E-state index contributed by atoms with van der Waals surface area (Å²) in [6.45, 7) is 3.63. The van der Waals surface area contributed by atoms with E-state index in [0.717, 1.165) is 31.4 Å². The van der Waals surface area contributed by atoms with Crippen LogP contribution in [0.3, 0.4) is 0 Å². The van der Waals surface area contributed by atoms with Crippen LogP contribution in [0, 0.1) is 0 Å². The molecule has 2 rings (SSSR count). The summed E-state index contributed by atoms with van der Waals surface area (Å²) in [7, 11) is 0. The molecule has 0 saturated carbocycles. The van der Waals surface area contributed by atoms with Gasteiger partial charge in [0.1, 0.15) is 0 Å². The number of hydrogen-bond acceptors (Lipinski definition) is 2. The highest BCUT2D eigenvalue weighted by Crippen LogP contribution is 2.30. The zero-order valence-electron chi connectivity index (χ0n) is 10.6. The number of anilines is 1. The molecule has 1 aromatic rings. The summed E-state index contributed by atoms with van der Waals surface area (Å²) in [5.41, 5.74) is 9.09. The molecule has 1 amide bonds. The molecule has 3 N–H and O–H groups in total. The van der Waals surface area contributed by atoms with E-state index in [2.05, 4.69) is 11.9 Å². The van der Waals surface area contributed by atoms with Crippen LogP contribution in [0.4, 0.5) is 5.69 Å². The van der Waals surface area contributed by atoms with E-state index in [1.807, 2.05) is 18.2 Å². The molecule has 0 saturated heterocycles. The maximum atomic E-state index is 11.8. The number of carbonyl (C=O) groups excluding carboxylic acids is 1. The monoisotopic (exact) mass is 244 g/mol. The third-order valence-electron chi connectivity index (χ3n) is 3.39. The SMILES string of the molecule is C=CCCC(=O)NC1CCCc2cc(N)ccc21. The molecule has 3 nitrogen and oxygen atoms in total. The Balaban J connectivity index is 2.08. The minimum absolute atomic E-state index is 0.101. The second-order valence-electron chi connectivity index (χ2n) is 4.80. The number of allylic oxidation sites excluding steroid dienone is 1. The average molecular weight is 244 g/mol. The topological polar surface area (TPSA) is 55.1 Å². The first-order chi connectivity index (χ1) is 8.70. The molecule has 0 bridgehead atoms. The fourth-order valence-electron chi connectivity index (χ4n) is 2.48. The summed E-state index contributed by atoms with van der Waals surface area (Å²) in [5, 5.41) is 3.10. The molecule has 0 spiro atoms. The number of hydrogen-bond donors (Lipinski definition) is 2. The number of amides is 1. The van der Waals surface area contributed by atoms with E-state index >= 15 is 0 Å². The van der Waals surface area contributed by atoms with Gasteiger partial charge in [-0.05, 0) is 48.9 Å². The summed E-state index contributed by atoms with van der Waals surface area (Å²) < 4.78 is 0. The van der Waals surface area contributed by atoms with Crippen LogP contribution in [0.15, 0.2) is 30.9 Å². The molecule has 0 heterocycles. The molecule has 1 atom stereocenters. The van der Waals surface area contributed by atoms with Gasteiger partial charge in [0.05, 0.1) is 6.04 Å². The van der Waals surface area contributed by atoms with Crippen LogP contribution in [0.2, 0.25) is 0 Å². The minimum Gasteiger partial charge on any atom is -0.399 e. The van der Waals surface area contributed by atoms with E-state index < -0.39 is 0 Å². The normalized spacial score (nSPS) is 17.9. The summed E-state index contributed by atoms with van der Waals surface area (Å²) in [6, 6.07) is 6.12. The van der Waals surface area contributed by atoms with E-state index in [1.165, 1.54) is 11.1 Å². The largest absolute Gasteiger partial charge is 0.399 e. The number of benzene rings is 1. The number of carbonyl (C=O) groups is 1. The third kappa shape index (κ3) is 2.92. The smallest absolute Gasteiger partial charge is 0.220 e. The van der Waals surface area contributed by atoms with Crippen molar-refractivity contribution in [2.75, 3.05) is 5.73 Å². The summed E-state index contributed by atoms with van der Waals surface area (Å²) in [5.74, 6) is 0.101. The van der Waals surface area contributed by atoms with Crippen molar-refractivity contribution in [1.82, 2.24) is 5.32 Å². The van der Waals surface area contributed by atoms with Gasteiger partial charge in [-0.3, -0.25) is 4.79 Å². The van der Waals surface area contributed by atoms with E-state index in [-0.39, 0.29) is 11.9 Å². The molecule has 1 aliphatic carbocycles. The lowest BCUT2D eigenvalue weighted by atomic mass is 9.87. The van der Waals surface area contributed by atoms with E-state index in [0.29, 0.717) is 6.42 Å². The highest BCUT2D eigenvalue weighted by atomic mass is 16.1. The predicted octanol–water partition coefficient (Wildman–Crippen LogP) is 2.73. The fourth-order valence-corrected chi connectivity index (χ4v) is 2.48. The summed E-state index contributed by atoms with van der Waals surface area (Å²) >= 11 is 0. The lowest BCUT2D eigenvalue weighted by molar-refractivity contribution is -0.121. The maximum absolute atomic E-state index is 11.8. The molecule has 3 heteroatoms. The van der Waals surface area contributed by atoms with Gasteiger partial charge in [0.15, 0.2) is 0 Å². The molecule has 1 aliphatic rings. The standard InChI is InChI=1S/C15H20N2O/c1-2-3-7-15(18)17-14-6-4-5-11-10-12(16)8-9-13(11)14/h2,8-10,14H,1,3-7,16H2,(H,17,18). The number of fused-ring (bicyclic) bond motifs is 1. The highest BCUT2D eigenvalue weighted by Gasteiger charge is 2.21. The van der Waals surface area contributed by atoms with Crippen molar-refractivity contribution >= 4 is 11.6 Å². The van der Waals surface area contributed by atoms with Crippen molar-refractivity contribution < 1.29 is 4.79 Å². The first-order valence-corrected chi connectivity index (χ1v) is 6.49. The van der Waals surface area contributed by atoms with Crippen LogP contribution in [0.1, 0.15) is 42.9 Å². The van der Waals surface area contributed by atoms with Crippen molar-refractivity contribution in [2.45, 2.75) is 38.1 Å². The zero-order valence-corrected chi connectivity index (χ0v) is 10.6. The van der Waals surface area contributed by atoms with E-state index in [9.17, 15) is 4.79 Å². The Morgan fingerprint density at radius 2 is 2.39 bits per heavy atom. The Bertz CT molecular complexity index is 454. The second-order valence-corrected chi connectivity index (χ2v) is 4.80. The fraction of sp³-hybridized carbons (Fsp3) is 0.400. The highest BCUT2D eigenvalue weighted by molar-refractivity contribution is 5.76. The van der Waals surface area contributed by atoms with E-state index in [4.69, 9.17) is 5.73 Å². The van der Waals surface area contributed by atoms with Crippen molar-refractivity contribution in [3.05, 3.63) is 42.0 Å². The number of aryl methyl sites for hydroxylation is 1. The number of nitrogens with one attached hydrogen (secondary N) is 1. The lowest BCUT2D eigenvalue weighted by Gasteiger charge is -2.26.